The van der Waals surface area contributed by atoms with Crippen LogP contribution in [0.2, 0.25) is 5.02 Å². The summed E-state index contributed by atoms with van der Waals surface area (Å²) < 4.78 is 33.7. The maximum Gasteiger partial charge on any atom is 0.305 e. The van der Waals surface area contributed by atoms with Crippen molar-refractivity contribution >= 4 is 27.6 Å². The number of rotatable bonds is 10. The molecule has 3 rings (SSSR count). The molecule has 1 N–H and O–H groups in total. The van der Waals surface area contributed by atoms with Crippen LogP contribution in [0.1, 0.15) is 35.6 Å². The van der Waals surface area contributed by atoms with E-state index in [2.05, 4.69) is 9.46 Å². The summed E-state index contributed by atoms with van der Waals surface area (Å²) >= 11 is 6.15. The van der Waals surface area contributed by atoms with Crippen molar-refractivity contribution in [1.29, 1.82) is 0 Å². The van der Waals surface area contributed by atoms with Gasteiger partial charge in [-0.05, 0) is 48.1 Å². The van der Waals surface area contributed by atoms with Crippen molar-refractivity contribution in [3.05, 3.63) is 101 Å². The lowest BCUT2D eigenvalue weighted by Crippen LogP contribution is -2.30. The number of hydrogen-bond donors (Lipinski definition) is 1. The standard InChI is InChI=1S/C25H26ClNO4S/c1-31-25(28)13-7-10-19-14-16-21(17-15-19)23(18-20-8-3-2-4-9-20)27-32(29,30)24-12-6-5-11-22(24)26/h2-6,8-9,11-12,14-17,23,27H,7,10,13,18H2,1H3. The lowest BCUT2D eigenvalue weighted by atomic mass is 9.98. The van der Waals surface area contributed by atoms with E-state index >= 15 is 0 Å². The van der Waals surface area contributed by atoms with E-state index in [0.29, 0.717) is 19.3 Å². The number of carbonyl (C=O) groups excluding carboxylic acids is 1. The highest BCUT2D eigenvalue weighted by Crippen LogP contribution is 2.26. The summed E-state index contributed by atoms with van der Waals surface area (Å²) in [5.74, 6) is -0.224. The van der Waals surface area contributed by atoms with Gasteiger partial charge in [-0.25, -0.2) is 13.1 Å². The molecule has 0 bridgehead atoms. The predicted octanol–water partition coefficient (Wildman–Crippen LogP) is 5.10. The first-order valence-corrected chi connectivity index (χ1v) is 12.2. The van der Waals surface area contributed by atoms with Crippen molar-refractivity contribution in [3.63, 3.8) is 0 Å². The molecular weight excluding hydrogens is 446 g/mol. The van der Waals surface area contributed by atoms with Gasteiger partial charge in [0, 0.05) is 6.42 Å². The second-order valence-corrected chi connectivity index (χ2v) is 9.55. The number of aryl methyl sites for hydroxylation is 1. The zero-order chi connectivity index (χ0) is 23.0. The summed E-state index contributed by atoms with van der Waals surface area (Å²) in [5.41, 5.74) is 2.94. The van der Waals surface area contributed by atoms with Crippen LogP contribution >= 0.6 is 11.6 Å². The van der Waals surface area contributed by atoms with Crippen LogP contribution in [0.4, 0.5) is 0 Å². The highest BCUT2D eigenvalue weighted by molar-refractivity contribution is 7.89. The van der Waals surface area contributed by atoms with E-state index < -0.39 is 16.1 Å². The van der Waals surface area contributed by atoms with E-state index in [9.17, 15) is 13.2 Å². The van der Waals surface area contributed by atoms with Gasteiger partial charge >= 0.3 is 5.97 Å². The first-order chi connectivity index (χ1) is 15.4. The number of carbonyl (C=O) groups is 1. The Bertz CT molecular complexity index is 1130. The van der Waals surface area contributed by atoms with E-state index in [-0.39, 0.29) is 15.9 Å². The summed E-state index contributed by atoms with van der Waals surface area (Å²) in [7, 11) is -2.45. The minimum atomic E-state index is -3.83. The fourth-order valence-corrected chi connectivity index (χ4v) is 5.19. The SMILES string of the molecule is COC(=O)CCCc1ccc(C(Cc2ccccc2)NS(=O)(=O)c2ccccc2Cl)cc1. The van der Waals surface area contributed by atoms with Crippen LogP contribution in [-0.4, -0.2) is 21.5 Å². The first kappa shape index (κ1) is 24.0. The van der Waals surface area contributed by atoms with Gasteiger partial charge in [0.05, 0.1) is 18.2 Å². The normalized spacial score (nSPS) is 12.3. The number of ether oxygens (including phenoxy) is 1. The molecule has 0 spiro atoms. The number of halogens is 1. The van der Waals surface area contributed by atoms with E-state index in [0.717, 1.165) is 23.1 Å². The minimum absolute atomic E-state index is 0.0548. The van der Waals surface area contributed by atoms with Crippen molar-refractivity contribution in [1.82, 2.24) is 4.72 Å². The Morgan fingerprint density at radius 2 is 1.59 bits per heavy atom. The number of benzene rings is 3. The van der Waals surface area contributed by atoms with Crippen molar-refractivity contribution in [2.75, 3.05) is 7.11 Å². The molecule has 32 heavy (non-hydrogen) atoms. The number of sulfonamides is 1. The summed E-state index contributed by atoms with van der Waals surface area (Å²) in [5, 5.41) is 0.180. The first-order valence-electron chi connectivity index (χ1n) is 10.4. The molecule has 1 atom stereocenters. The number of esters is 1. The molecule has 0 saturated carbocycles. The zero-order valence-electron chi connectivity index (χ0n) is 17.8. The van der Waals surface area contributed by atoms with E-state index in [4.69, 9.17) is 11.6 Å². The van der Waals surface area contributed by atoms with Crippen molar-refractivity contribution in [2.45, 2.75) is 36.6 Å². The van der Waals surface area contributed by atoms with Gasteiger partial charge in [0.15, 0.2) is 0 Å². The van der Waals surface area contributed by atoms with Gasteiger partial charge in [-0.3, -0.25) is 4.79 Å². The maximum atomic E-state index is 13.1. The third-order valence-corrected chi connectivity index (χ3v) is 7.13. The Morgan fingerprint density at radius 1 is 0.938 bits per heavy atom. The van der Waals surface area contributed by atoms with Gasteiger partial charge in [-0.1, -0.05) is 78.3 Å². The van der Waals surface area contributed by atoms with E-state index in [1.807, 2.05) is 54.6 Å². The van der Waals surface area contributed by atoms with Crippen LogP contribution in [0.3, 0.4) is 0 Å². The number of methoxy groups -OCH3 is 1. The molecule has 0 heterocycles. The molecule has 168 valence electrons. The average molecular weight is 472 g/mol. The monoisotopic (exact) mass is 471 g/mol. The van der Waals surface area contributed by atoms with Crippen LogP contribution < -0.4 is 4.72 Å². The van der Waals surface area contributed by atoms with E-state index in [1.54, 1.807) is 18.2 Å². The molecule has 7 heteroatoms. The van der Waals surface area contributed by atoms with Crippen molar-refractivity contribution in [2.24, 2.45) is 0 Å². The fraction of sp³-hybridized carbons (Fsp3) is 0.240. The molecule has 3 aromatic rings. The van der Waals surface area contributed by atoms with Crippen LogP contribution in [0.15, 0.2) is 83.8 Å². The molecular formula is C25H26ClNO4S. The molecule has 1 unspecified atom stereocenters. The summed E-state index contributed by atoms with van der Waals surface area (Å²) in [6, 6.07) is 23.4. The van der Waals surface area contributed by atoms with Crippen molar-refractivity contribution < 1.29 is 17.9 Å². The topological polar surface area (TPSA) is 72.5 Å². The van der Waals surface area contributed by atoms with Crippen molar-refractivity contribution in [3.8, 4) is 0 Å². The second-order valence-electron chi connectivity index (χ2n) is 7.47. The minimum Gasteiger partial charge on any atom is -0.469 e. The van der Waals surface area contributed by atoms with E-state index in [1.165, 1.54) is 13.2 Å². The Balaban J connectivity index is 1.81. The Hall–Kier alpha value is -2.67. The Kier molecular flexibility index (Phi) is 8.45. The third-order valence-electron chi connectivity index (χ3n) is 5.16. The lowest BCUT2D eigenvalue weighted by Gasteiger charge is -2.20. The lowest BCUT2D eigenvalue weighted by molar-refractivity contribution is -0.140. The molecule has 0 radical (unpaired) electrons. The summed E-state index contributed by atoms with van der Waals surface area (Å²) in [6.07, 6.45) is 2.29. The molecule has 0 aromatic heterocycles. The molecule has 5 nitrogen and oxygen atoms in total. The molecule has 0 aliphatic heterocycles. The average Bonchev–Trinajstić information content (AvgIpc) is 2.79. The number of nitrogens with one attached hydrogen (secondary N) is 1. The molecule has 0 saturated heterocycles. The van der Waals surface area contributed by atoms with Gasteiger partial charge in [0.25, 0.3) is 0 Å². The summed E-state index contributed by atoms with van der Waals surface area (Å²) in [6.45, 7) is 0. The summed E-state index contributed by atoms with van der Waals surface area (Å²) in [4.78, 5) is 11.4. The van der Waals surface area contributed by atoms with Crippen LogP contribution in [0.5, 0.6) is 0 Å². The third kappa shape index (κ3) is 6.66. The molecule has 0 amide bonds. The van der Waals surface area contributed by atoms with Crippen LogP contribution in [-0.2, 0) is 32.4 Å². The Labute approximate surface area is 194 Å². The quantitative estimate of drug-likeness (QED) is 0.417. The maximum absolute atomic E-state index is 13.1. The molecule has 0 aliphatic carbocycles. The smallest absolute Gasteiger partial charge is 0.305 e. The number of hydrogen-bond acceptors (Lipinski definition) is 4. The molecule has 0 fully saturated rings. The Morgan fingerprint density at radius 3 is 2.25 bits per heavy atom. The van der Waals surface area contributed by atoms with Crippen LogP contribution in [0, 0.1) is 0 Å². The van der Waals surface area contributed by atoms with Gasteiger partial charge in [0.2, 0.25) is 10.0 Å². The highest BCUT2D eigenvalue weighted by atomic mass is 35.5. The molecule has 3 aromatic carbocycles. The van der Waals surface area contributed by atoms with Crippen LogP contribution in [0.25, 0.3) is 0 Å². The largest absolute Gasteiger partial charge is 0.469 e. The van der Waals surface area contributed by atoms with Gasteiger partial charge in [-0.2, -0.15) is 0 Å². The highest BCUT2D eigenvalue weighted by Gasteiger charge is 2.23. The zero-order valence-corrected chi connectivity index (χ0v) is 19.4. The van der Waals surface area contributed by atoms with Gasteiger partial charge in [-0.15, -0.1) is 0 Å². The second kappa shape index (κ2) is 11.3. The fourth-order valence-electron chi connectivity index (χ4n) is 3.45. The van der Waals surface area contributed by atoms with Gasteiger partial charge in [0.1, 0.15) is 4.90 Å². The van der Waals surface area contributed by atoms with Gasteiger partial charge < -0.3 is 4.74 Å². The predicted molar refractivity (Wildman–Crippen MR) is 126 cm³/mol. The molecule has 0 aliphatic rings.